The Morgan fingerprint density at radius 3 is 1.75 bits per heavy atom. The van der Waals surface area contributed by atoms with Gasteiger partial charge in [0.15, 0.2) is 8.32 Å². The number of hydrogen-bond acceptors (Lipinski definition) is 3. The lowest BCUT2D eigenvalue weighted by atomic mass is 10.0. The van der Waals surface area contributed by atoms with Gasteiger partial charge in [0.25, 0.3) is 0 Å². The summed E-state index contributed by atoms with van der Waals surface area (Å²) in [6.45, 7) is 14.0. The lowest BCUT2D eigenvalue weighted by molar-refractivity contribution is -0.140. The maximum absolute atomic E-state index is 11.3. The highest BCUT2D eigenvalue weighted by molar-refractivity contribution is 6.74. The number of unbranched alkanes of at least 4 members (excludes halogenated alkanes) is 9. The van der Waals surface area contributed by atoms with Crippen LogP contribution in [0.4, 0.5) is 0 Å². The molecule has 0 saturated carbocycles. The van der Waals surface area contributed by atoms with Gasteiger partial charge >= 0.3 is 5.97 Å². The minimum atomic E-state index is -1.72. The third-order valence-corrected chi connectivity index (χ3v) is 10.8. The maximum atomic E-state index is 11.3. The van der Waals surface area contributed by atoms with Crippen molar-refractivity contribution in [2.75, 3.05) is 7.11 Å². The number of carbonyl (C=O) groups is 1. The van der Waals surface area contributed by atoms with Crippen LogP contribution in [0, 0.1) is 0 Å². The molecule has 0 N–H and O–H groups in total. The van der Waals surface area contributed by atoms with Crippen molar-refractivity contribution >= 4 is 14.3 Å². The first-order chi connectivity index (χ1) is 13.1. The largest absolute Gasteiger partial charge is 0.469 e. The summed E-state index contributed by atoms with van der Waals surface area (Å²) in [5, 5.41) is 0.259. The predicted molar refractivity (Wildman–Crippen MR) is 124 cm³/mol. The number of carbonyl (C=O) groups excluding carboxylic acids is 1. The summed E-state index contributed by atoms with van der Waals surface area (Å²) in [6, 6.07) is 0. The van der Waals surface area contributed by atoms with Crippen molar-refractivity contribution in [2.24, 2.45) is 0 Å². The smallest absolute Gasteiger partial charge is 0.305 e. The lowest BCUT2D eigenvalue weighted by Crippen LogP contribution is -2.44. The summed E-state index contributed by atoms with van der Waals surface area (Å²) in [6.07, 6.45) is 17.3. The monoisotopic (exact) mass is 414 g/mol. The fraction of sp³-hybridized carbons (Fsp3) is 0.958. The fourth-order valence-electron chi connectivity index (χ4n) is 3.28. The van der Waals surface area contributed by atoms with Gasteiger partial charge in [0.05, 0.1) is 7.11 Å². The predicted octanol–water partition coefficient (Wildman–Crippen LogP) is 8.03. The summed E-state index contributed by atoms with van der Waals surface area (Å²) in [4.78, 5) is 11.3. The van der Waals surface area contributed by atoms with Gasteiger partial charge in [-0.2, -0.15) is 0 Å². The summed E-state index contributed by atoms with van der Waals surface area (Å²) in [5.41, 5.74) is 0. The molecule has 0 spiro atoms. The zero-order valence-electron chi connectivity index (χ0n) is 20.2. The minimum absolute atomic E-state index is 0.0898. The van der Waals surface area contributed by atoms with E-state index in [1.165, 1.54) is 64.9 Å². The van der Waals surface area contributed by atoms with Crippen LogP contribution in [0.5, 0.6) is 0 Å². The van der Waals surface area contributed by atoms with Crippen LogP contribution in [0.2, 0.25) is 18.1 Å². The molecule has 0 aromatic rings. The Morgan fingerprint density at radius 2 is 1.29 bits per heavy atom. The van der Waals surface area contributed by atoms with Gasteiger partial charge < -0.3 is 9.16 Å². The second kappa shape index (κ2) is 15.5. The lowest BCUT2D eigenvalue weighted by Gasteiger charge is -2.39. The Kier molecular flexibility index (Phi) is 15.3. The molecule has 0 radical (unpaired) electrons. The van der Waals surface area contributed by atoms with E-state index in [-0.39, 0.29) is 11.0 Å². The Hall–Kier alpha value is -0.353. The molecule has 0 rings (SSSR count). The first-order valence-electron chi connectivity index (χ1n) is 11.9. The average molecular weight is 415 g/mol. The normalized spacial score (nSPS) is 13.5. The molecule has 0 saturated heterocycles. The standard InChI is InChI=1S/C24H50O3Si/c1-8-9-10-11-12-13-14-16-19-22(27-28(6,7)24(2,3)4)20-17-15-18-21-23(25)26-5/h22H,8-21H2,1-7H3. The number of esters is 1. The summed E-state index contributed by atoms with van der Waals surface area (Å²) < 4.78 is 11.5. The third-order valence-electron chi connectivity index (χ3n) is 6.28. The van der Waals surface area contributed by atoms with Gasteiger partial charge in [-0.25, -0.2) is 0 Å². The molecule has 1 atom stereocenters. The van der Waals surface area contributed by atoms with E-state index in [1.807, 2.05) is 0 Å². The van der Waals surface area contributed by atoms with Crippen LogP contribution in [-0.2, 0) is 14.0 Å². The van der Waals surface area contributed by atoms with Crippen molar-refractivity contribution in [3.63, 3.8) is 0 Å². The Labute approximate surface area is 177 Å². The molecular formula is C24H50O3Si. The van der Waals surface area contributed by atoms with E-state index in [4.69, 9.17) is 9.16 Å². The van der Waals surface area contributed by atoms with E-state index in [2.05, 4.69) is 40.8 Å². The Bertz CT molecular complexity index is 388. The molecule has 0 aromatic heterocycles. The molecular weight excluding hydrogens is 364 g/mol. The van der Waals surface area contributed by atoms with Gasteiger partial charge in [-0.15, -0.1) is 0 Å². The zero-order chi connectivity index (χ0) is 21.5. The topological polar surface area (TPSA) is 35.5 Å². The molecule has 0 aliphatic heterocycles. The molecule has 1 unspecified atom stereocenters. The number of ether oxygens (including phenoxy) is 1. The highest BCUT2D eigenvalue weighted by Gasteiger charge is 2.38. The van der Waals surface area contributed by atoms with Crippen LogP contribution in [0.3, 0.4) is 0 Å². The van der Waals surface area contributed by atoms with Gasteiger partial charge in [-0.05, 0) is 37.4 Å². The molecule has 0 amide bonds. The molecule has 0 aliphatic rings. The Balaban J connectivity index is 4.27. The van der Waals surface area contributed by atoms with E-state index < -0.39 is 8.32 Å². The molecule has 4 heteroatoms. The van der Waals surface area contributed by atoms with Crippen molar-refractivity contribution in [3.05, 3.63) is 0 Å². The van der Waals surface area contributed by atoms with Crippen LogP contribution >= 0.6 is 0 Å². The van der Waals surface area contributed by atoms with E-state index in [1.54, 1.807) is 0 Å². The molecule has 0 aliphatic carbocycles. The molecule has 3 nitrogen and oxygen atoms in total. The van der Waals surface area contributed by atoms with Crippen LogP contribution in [0.15, 0.2) is 0 Å². The van der Waals surface area contributed by atoms with Crippen LogP contribution in [0.25, 0.3) is 0 Å². The first-order valence-corrected chi connectivity index (χ1v) is 14.8. The van der Waals surface area contributed by atoms with Crippen LogP contribution in [-0.4, -0.2) is 27.5 Å². The SMILES string of the molecule is CCCCCCCCCCC(CCCCCC(=O)OC)O[Si](C)(C)C(C)(C)C. The van der Waals surface area contributed by atoms with Gasteiger partial charge in [0.2, 0.25) is 0 Å². The fourth-order valence-corrected chi connectivity index (χ4v) is 4.70. The summed E-state index contributed by atoms with van der Waals surface area (Å²) in [5.74, 6) is -0.0898. The van der Waals surface area contributed by atoms with Gasteiger partial charge in [-0.1, -0.05) is 91.9 Å². The third kappa shape index (κ3) is 13.8. The number of hydrogen-bond donors (Lipinski definition) is 0. The quantitative estimate of drug-likeness (QED) is 0.137. The zero-order valence-corrected chi connectivity index (χ0v) is 21.2. The molecule has 168 valence electrons. The summed E-state index contributed by atoms with van der Waals surface area (Å²) >= 11 is 0. The van der Waals surface area contributed by atoms with Crippen molar-refractivity contribution in [1.82, 2.24) is 0 Å². The van der Waals surface area contributed by atoms with E-state index in [0.717, 1.165) is 25.7 Å². The maximum Gasteiger partial charge on any atom is 0.305 e. The van der Waals surface area contributed by atoms with Crippen LogP contribution < -0.4 is 0 Å². The average Bonchev–Trinajstić information content (AvgIpc) is 2.61. The number of methoxy groups -OCH3 is 1. The van der Waals surface area contributed by atoms with Gasteiger partial charge in [0.1, 0.15) is 0 Å². The first kappa shape index (κ1) is 27.6. The van der Waals surface area contributed by atoms with E-state index in [9.17, 15) is 4.79 Å². The van der Waals surface area contributed by atoms with Gasteiger partial charge in [0, 0.05) is 12.5 Å². The second-order valence-electron chi connectivity index (χ2n) is 9.94. The van der Waals surface area contributed by atoms with Crippen molar-refractivity contribution in [2.45, 2.75) is 142 Å². The van der Waals surface area contributed by atoms with E-state index in [0.29, 0.717) is 12.5 Å². The molecule has 28 heavy (non-hydrogen) atoms. The second-order valence-corrected chi connectivity index (χ2v) is 14.7. The highest BCUT2D eigenvalue weighted by atomic mass is 28.4. The van der Waals surface area contributed by atoms with Gasteiger partial charge in [-0.3, -0.25) is 4.79 Å². The van der Waals surface area contributed by atoms with Crippen molar-refractivity contribution in [1.29, 1.82) is 0 Å². The van der Waals surface area contributed by atoms with Crippen molar-refractivity contribution < 1.29 is 14.0 Å². The summed E-state index contributed by atoms with van der Waals surface area (Å²) in [7, 11) is -0.257. The Morgan fingerprint density at radius 1 is 0.821 bits per heavy atom. The van der Waals surface area contributed by atoms with Crippen LogP contribution in [0.1, 0.15) is 118 Å². The molecule has 0 bridgehead atoms. The van der Waals surface area contributed by atoms with Crippen molar-refractivity contribution in [3.8, 4) is 0 Å². The minimum Gasteiger partial charge on any atom is -0.469 e. The number of rotatable bonds is 17. The molecule has 0 aromatic carbocycles. The van der Waals surface area contributed by atoms with E-state index >= 15 is 0 Å². The molecule has 0 fully saturated rings. The highest BCUT2D eigenvalue weighted by Crippen LogP contribution is 2.38. The molecule has 0 heterocycles.